The fraction of sp³-hybridized carbons (Fsp3) is 0.882. The third kappa shape index (κ3) is 8.68. The molecule has 0 saturated carbocycles. The molecule has 2 unspecified atom stereocenters. The number of ether oxygens (including phenoxy) is 2. The van der Waals surface area contributed by atoms with Gasteiger partial charge in [0, 0.05) is 26.4 Å². The zero-order valence-electron chi connectivity index (χ0n) is 18.0. The van der Waals surface area contributed by atoms with Crippen LogP contribution in [0.3, 0.4) is 0 Å². The van der Waals surface area contributed by atoms with Gasteiger partial charge in [-0.2, -0.15) is 0 Å². The molecule has 2 atom stereocenters. The van der Waals surface area contributed by atoms with Crippen molar-refractivity contribution in [2.75, 3.05) is 32.1 Å². The predicted octanol–water partition coefficient (Wildman–Crippen LogP) is 1.57. The van der Waals surface area contributed by atoms with E-state index in [-0.39, 0.29) is 48.4 Å². The molecule has 1 heterocycles. The van der Waals surface area contributed by atoms with E-state index in [4.69, 9.17) is 9.47 Å². The molecular weight excluding hydrogens is 499 g/mol. The SMILES string of the molecule is CN=C(NCCS(C)(=O)=O)NCC1C(C)OC(C)(C)N1C(=O)OC(C)(C)C.I. The lowest BCUT2D eigenvalue weighted by Gasteiger charge is -2.35. The molecule has 1 aliphatic rings. The summed E-state index contributed by atoms with van der Waals surface area (Å²) >= 11 is 0. The summed E-state index contributed by atoms with van der Waals surface area (Å²) in [5.41, 5.74) is -1.42. The Labute approximate surface area is 185 Å². The summed E-state index contributed by atoms with van der Waals surface area (Å²) in [6.45, 7) is 11.6. The van der Waals surface area contributed by atoms with Crippen molar-refractivity contribution in [3.63, 3.8) is 0 Å². The molecule has 0 aromatic rings. The summed E-state index contributed by atoms with van der Waals surface area (Å²) in [4.78, 5) is 18.4. The number of nitrogens with one attached hydrogen (secondary N) is 2. The van der Waals surface area contributed by atoms with Gasteiger partial charge in [0.1, 0.15) is 21.2 Å². The minimum Gasteiger partial charge on any atom is -0.444 e. The standard InChI is InChI=1S/C17H34N4O5S.HI/c1-12-13(11-20-14(18-7)19-9-10-27(8,23)24)21(17(5,6)25-12)15(22)26-16(2,3)4;/h12-13H,9-11H2,1-8H3,(H2,18,19,20);1H. The second kappa shape index (κ2) is 10.3. The average molecular weight is 534 g/mol. The van der Waals surface area contributed by atoms with Crippen LogP contribution in [0, 0.1) is 0 Å². The van der Waals surface area contributed by atoms with Gasteiger partial charge in [-0.1, -0.05) is 0 Å². The predicted molar refractivity (Wildman–Crippen MR) is 121 cm³/mol. The average Bonchev–Trinajstić information content (AvgIpc) is 2.68. The number of carbonyl (C=O) groups excluding carboxylic acids is 1. The minimum atomic E-state index is -3.05. The van der Waals surface area contributed by atoms with Crippen molar-refractivity contribution in [2.24, 2.45) is 4.99 Å². The maximum absolute atomic E-state index is 12.7. The first kappa shape index (κ1) is 27.2. The Balaban J connectivity index is 0.00000729. The van der Waals surface area contributed by atoms with Gasteiger partial charge in [-0.25, -0.2) is 13.2 Å². The van der Waals surface area contributed by atoms with Crippen molar-refractivity contribution in [3.8, 4) is 0 Å². The highest BCUT2D eigenvalue weighted by Gasteiger charge is 2.49. The van der Waals surface area contributed by atoms with Crippen LogP contribution in [-0.4, -0.2) is 81.0 Å². The van der Waals surface area contributed by atoms with Crippen LogP contribution < -0.4 is 10.6 Å². The van der Waals surface area contributed by atoms with E-state index < -0.39 is 27.3 Å². The topological polar surface area (TPSA) is 109 Å². The molecule has 0 aliphatic carbocycles. The molecule has 0 spiro atoms. The quantitative estimate of drug-likeness (QED) is 0.313. The van der Waals surface area contributed by atoms with E-state index in [0.29, 0.717) is 12.5 Å². The van der Waals surface area contributed by atoms with Gasteiger partial charge in [-0.3, -0.25) is 9.89 Å². The third-order valence-electron chi connectivity index (χ3n) is 3.99. The summed E-state index contributed by atoms with van der Waals surface area (Å²) in [5.74, 6) is 0.466. The van der Waals surface area contributed by atoms with Crippen molar-refractivity contribution < 1.29 is 22.7 Å². The lowest BCUT2D eigenvalue weighted by Crippen LogP contribution is -2.54. The number of nitrogens with zero attached hydrogens (tertiary/aromatic N) is 2. The Kier molecular flexibility index (Phi) is 9.98. The van der Waals surface area contributed by atoms with Gasteiger partial charge in [0.25, 0.3) is 0 Å². The highest BCUT2D eigenvalue weighted by atomic mass is 127. The second-order valence-electron chi connectivity index (χ2n) is 8.20. The number of halogens is 1. The number of hydrogen-bond donors (Lipinski definition) is 2. The Morgan fingerprint density at radius 2 is 1.86 bits per heavy atom. The van der Waals surface area contributed by atoms with Crippen molar-refractivity contribution in [2.45, 2.75) is 65.0 Å². The fourth-order valence-corrected chi connectivity index (χ4v) is 3.37. The van der Waals surface area contributed by atoms with E-state index in [1.165, 1.54) is 6.26 Å². The van der Waals surface area contributed by atoms with Crippen LogP contribution in [-0.2, 0) is 19.3 Å². The van der Waals surface area contributed by atoms with E-state index in [1.807, 2.05) is 41.5 Å². The van der Waals surface area contributed by atoms with E-state index in [1.54, 1.807) is 11.9 Å². The first-order valence-corrected chi connectivity index (χ1v) is 11.0. The molecule has 1 aliphatic heterocycles. The number of hydrogen-bond acceptors (Lipinski definition) is 6. The van der Waals surface area contributed by atoms with Gasteiger partial charge in [-0.05, 0) is 41.5 Å². The van der Waals surface area contributed by atoms with E-state index in [2.05, 4.69) is 15.6 Å². The molecule has 1 amide bonds. The van der Waals surface area contributed by atoms with Crippen LogP contribution in [0.5, 0.6) is 0 Å². The van der Waals surface area contributed by atoms with Crippen molar-refractivity contribution in [1.82, 2.24) is 15.5 Å². The minimum absolute atomic E-state index is 0. The first-order chi connectivity index (χ1) is 12.2. The number of aliphatic imine (C=N–C) groups is 1. The molecule has 166 valence electrons. The van der Waals surface area contributed by atoms with Crippen LogP contribution in [0.1, 0.15) is 41.5 Å². The summed E-state index contributed by atoms with van der Waals surface area (Å²) in [6, 6.07) is -0.275. The molecule has 9 nitrogen and oxygen atoms in total. The van der Waals surface area contributed by atoms with Gasteiger partial charge in [0.05, 0.1) is 17.9 Å². The number of amides is 1. The largest absolute Gasteiger partial charge is 0.444 e. The van der Waals surface area contributed by atoms with Crippen LogP contribution in [0.4, 0.5) is 4.79 Å². The van der Waals surface area contributed by atoms with Crippen LogP contribution in [0.25, 0.3) is 0 Å². The molecule has 11 heteroatoms. The number of guanidine groups is 1. The Hall–Kier alpha value is -0.820. The normalized spacial score (nSPS) is 22.4. The van der Waals surface area contributed by atoms with Crippen molar-refractivity contribution in [1.29, 1.82) is 0 Å². The monoisotopic (exact) mass is 534 g/mol. The van der Waals surface area contributed by atoms with Gasteiger partial charge in [0.15, 0.2) is 5.96 Å². The van der Waals surface area contributed by atoms with Crippen molar-refractivity contribution >= 4 is 45.9 Å². The highest BCUT2D eigenvalue weighted by Crippen LogP contribution is 2.33. The summed E-state index contributed by atoms with van der Waals surface area (Å²) in [5, 5.41) is 6.08. The Morgan fingerprint density at radius 1 is 1.29 bits per heavy atom. The van der Waals surface area contributed by atoms with Crippen LogP contribution in [0.2, 0.25) is 0 Å². The highest BCUT2D eigenvalue weighted by molar-refractivity contribution is 14.0. The molecule has 2 N–H and O–H groups in total. The molecule has 28 heavy (non-hydrogen) atoms. The van der Waals surface area contributed by atoms with Gasteiger partial charge in [0.2, 0.25) is 0 Å². The van der Waals surface area contributed by atoms with Crippen molar-refractivity contribution in [3.05, 3.63) is 0 Å². The fourth-order valence-electron chi connectivity index (χ4n) is 2.90. The Bertz CT molecular complexity index is 661. The second-order valence-corrected chi connectivity index (χ2v) is 10.5. The lowest BCUT2D eigenvalue weighted by molar-refractivity contribution is -0.0755. The molecule has 0 aromatic heterocycles. The molecule has 1 fully saturated rings. The third-order valence-corrected chi connectivity index (χ3v) is 4.93. The van der Waals surface area contributed by atoms with Gasteiger partial charge >= 0.3 is 6.09 Å². The molecular formula is C17H35IN4O5S. The van der Waals surface area contributed by atoms with E-state index in [9.17, 15) is 13.2 Å². The first-order valence-electron chi connectivity index (χ1n) is 8.98. The van der Waals surface area contributed by atoms with Gasteiger partial charge in [-0.15, -0.1) is 24.0 Å². The van der Waals surface area contributed by atoms with Gasteiger partial charge < -0.3 is 20.1 Å². The zero-order valence-corrected chi connectivity index (χ0v) is 21.2. The molecule has 0 bridgehead atoms. The zero-order chi connectivity index (χ0) is 21.0. The molecule has 1 rings (SSSR count). The van der Waals surface area contributed by atoms with Crippen LogP contribution >= 0.6 is 24.0 Å². The van der Waals surface area contributed by atoms with E-state index >= 15 is 0 Å². The van der Waals surface area contributed by atoms with E-state index in [0.717, 1.165) is 0 Å². The molecule has 0 radical (unpaired) electrons. The maximum Gasteiger partial charge on any atom is 0.412 e. The number of rotatable bonds is 5. The summed E-state index contributed by atoms with van der Waals surface area (Å²) in [7, 11) is -1.46. The Morgan fingerprint density at radius 3 is 2.32 bits per heavy atom. The number of carbonyl (C=O) groups is 1. The summed E-state index contributed by atoms with van der Waals surface area (Å²) in [6.07, 6.45) is 0.529. The smallest absolute Gasteiger partial charge is 0.412 e. The van der Waals surface area contributed by atoms with Crippen LogP contribution in [0.15, 0.2) is 4.99 Å². The number of sulfone groups is 1. The maximum atomic E-state index is 12.7. The molecule has 1 saturated heterocycles. The molecule has 0 aromatic carbocycles. The lowest BCUT2D eigenvalue weighted by atomic mass is 10.1. The summed E-state index contributed by atoms with van der Waals surface area (Å²) < 4.78 is 34.0.